The molecule has 2 rings (SSSR count). The van der Waals surface area contributed by atoms with Crippen molar-refractivity contribution in [3.05, 3.63) is 44.2 Å². The second-order valence-electron chi connectivity index (χ2n) is 2.95. The van der Waals surface area contributed by atoms with Gasteiger partial charge in [-0.05, 0) is 17.6 Å². The van der Waals surface area contributed by atoms with Gasteiger partial charge in [-0.3, -0.25) is 14.3 Å². The fourth-order valence-electron chi connectivity index (χ4n) is 1.14. The maximum Gasteiger partial charge on any atom is 0.328 e. The Balaban J connectivity index is 2.42. The molecule has 15 heavy (non-hydrogen) atoms. The normalized spacial score (nSPS) is 10.4. The van der Waals surface area contributed by atoms with Gasteiger partial charge in [0, 0.05) is 17.3 Å². The number of anilines is 1. The molecule has 7 heteroatoms. The van der Waals surface area contributed by atoms with Crippen LogP contribution in [0.5, 0.6) is 0 Å². The van der Waals surface area contributed by atoms with Crippen LogP contribution in [0.1, 0.15) is 4.88 Å². The zero-order valence-corrected chi connectivity index (χ0v) is 8.45. The lowest BCUT2D eigenvalue weighted by Crippen LogP contribution is -2.31. The van der Waals surface area contributed by atoms with E-state index in [0.29, 0.717) is 6.54 Å². The Bertz CT molecular complexity index is 569. The molecular weight excluding hydrogens is 216 g/mol. The van der Waals surface area contributed by atoms with E-state index >= 15 is 0 Å². The predicted molar refractivity (Wildman–Crippen MR) is 57.0 cm³/mol. The highest BCUT2D eigenvalue weighted by atomic mass is 32.1. The molecule has 0 aliphatic carbocycles. The van der Waals surface area contributed by atoms with Gasteiger partial charge in [-0.1, -0.05) is 0 Å². The highest BCUT2D eigenvalue weighted by Gasteiger charge is 2.02. The fourth-order valence-corrected chi connectivity index (χ4v) is 1.71. The number of nitrogens with zero attached hydrogens (tertiary/aromatic N) is 2. The molecule has 0 bridgehead atoms. The number of rotatable bonds is 2. The summed E-state index contributed by atoms with van der Waals surface area (Å²) in [6.07, 6.45) is 2.99. The molecule has 2 aromatic rings. The number of H-pyrrole nitrogens is 1. The summed E-state index contributed by atoms with van der Waals surface area (Å²) in [7, 11) is 0. The number of hydrogen-bond acceptors (Lipinski definition) is 5. The summed E-state index contributed by atoms with van der Waals surface area (Å²) in [6.45, 7) is 0.366. The standard InChI is InChI=1S/C8H8N4O2S/c9-6-4-12(8(14)11-7(6)13)3-5-1-2-10-15-5/h1-2,4H,3,9H2,(H,11,13,14). The zero-order chi connectivity index (χ0) is 10.8. The van der Waals surface area contributed by atoms with E-state index in [1.165, 1.54) is 22.3 Å². The van der Waals surface area contributed by atoms with Gasteiger partial charge in [0.15, 0.2) is 0 Å². The van der Waals surface area contributed by atoms with Gasteiger partial charge in [-0.2, -0.15) is 0 Å². The van der Waals surface area contributed by atoms with Crippen LogP contribution in [0, 0.1) is 0 Å². The molecule has 0 radical (unpaired) electrons. The van der Waals surface area contributed by atoms with Gasteiger partial charge in [0.1, 0.15) is 5.69 Å². The predicted octanol–water partition coefficient (Wildman–Crippen LogP) is -0.376. The molecule has 78 valence electrons. The third-order valence-electron chi connectivity index (χ3n) is 1.86. The molecule has 6 nitrogen and oxygen atoms in total. The van der Waals surface area contributed by atoms with Gasteiger partial charge >= 0.3 is 5.69 Å². The van der Waals surface area contributed by atoms with Gasteiger partial charge in [0.05, 0.1) is 6.54 Å². The molecule has 0 aliphatic rings. The topological polar surface area (TPSA) is 93.8 Å². The second-order valence-corrected chi connectivity index (χ2v) is 3.87. The Labute approximate surface area is 88.2 Å². The quantitative estimate of drug-likeness (QED) is 0.727. The smallest absolute Gasteiger partial charge is 0.328 e. The first-order chi connectivity index (χ1) is 7.16. The molecule has 0 saturated carbocycles. The number of nitrogens with two attached hydrogens (primary N) is 1. The van der Waals surface area contributed by atoms with Crippen molar-refractivity contribution >= 4 is 17.2 Å². The Hall–Kier alpha value is -1.89. The Morgan fingerprint density at radius 2 is 2.33 bits per heavy atom. The van der Waals surface area contributed by atoms with Crippen LogP contribution in [0.4, 0.5) is 5.69 Å². The Morgan fingerprint density at radius 3 is 3.00 bits per heavy atom. The van der Waals surface area contributed by atoms with Gasteiger partial charge < -0.3 is 5.73 Å². The molecule has 3 N–H and O–H groups in total. The van der Waals surface area contributed by atoms with Gasteiger partial charge in [-0.25, -0.2) is 9.17 Å². The van der Waals surface area contributed by atoms with Crippen LogP contribution in [-0.4, -0.2) is 13.9 Å². The van der Waals surface area contributed by atoms with Gasteiger partial charge in [0.25, 0.3) is 5.56 Å². The number of hydrogen-bond donors (Lipinski definition) is 2. The Morgan fingerprint density at radius 1 is 1.53 bits per heavy atom. The van der Waals surface area contributed by atoms with Crippen molar-refractivity contribution < 1.29 is 0 Å². The molecule has 2 aromatic heterocycles. The lowest BCUT2D eigenvalue weighted by Gasteiger charge is -2.02. The molecule has 0 fully saturated rings. The molecule has 0 unspecified atom stereocenters. The molecule has 0 aromatic carbocycles. The van der Waals surface area contributed by atoms with E-state index in [4.69, 9.17) is 5.73 Å². The molecule has 0 atom stereocenters. The number of nitrogens with one attached hydrogen (secondary N) is 1. The first kappa shape index (κ1) is 9.66. The number of aromatic nitrogens is 3. The monoisotopic (exact) mass is 224 g/mol. The lowest BCUT2D eigenvalue weighted by atomic mass is 10.4. The molecule has 0 amide bonds. The third kappa shape index (κ3) is 1.96. The van der Waals surface area contributed by atoms with E-state index in [0.717, 1.165) is 4.88 Å². The fraction of sp³-hybridized carbons (Fsp3) is 0.125. The van der Waals surface area contributed by atoms with E-state index in [9.17, 15) is 9.59 Å². The lowest BCUT2D eigenvalue weighted by molar-refractivity contribution is 0.732. The van der Waals surface area contributed by atoms with Crippen molar-refractivity contribution in [1.29, 1.82) is 0 Å². The van der Waals surface area contributed by atoms with E-state index in [1.54, 1.807) is 12.3 Å². The minimum Gasteiger partial charge on any atom is -0.393 e. The van der Waals surface area contributed by atoms with Crippen LogP contribution < -0.4 is 17.0 Å². The molecule has 2 heterocycles. The van der Waals surface area contributed by atoms with Crippen LogP contribution in [0.15, 0.2) is 28.0 Å². The van der Waals surface area contributed by atoms with E-state index < -0.39 is 11.2 Å². The minimum atomic E-state index is -0.555. The summed E-state index contributed by atoms with van der Waals surface area (Å²) in [5, 5.41) is 0. The van der Waals surface area contributed by atoms with Gasteiger partial charge in [0.2, 0.25) is 0 Å². The minimum absolute atomic E-state index is 0.0270. The van der Waals surface area contributed by atoms with E-state index in [1.807, 2.05) is 0 Å². The summed E-state index contributed by atoms with van der Waals surface area (Å²) >= 11 is 1.29. The van der Waals surface area contributed by atoms with E-state index in [2.05, 4.69) is 9.36 Å². The van der Waals surface area contributed by atoms with Crippen molar-refractivity contribution in [2.75, 3.05) is 5.73 Å². The highest BCUT2D eigenvalue weighted by Crippen LogP contribution is 2.05. The summed E-state index contributed by atoms with van der Waals surface area (Å²) in [5.74, 6) is 0. The first-order valence-corrected chi connectivity index (χ1v) is 4.93. The molecular formula is C8H8N4O2S. The average Bonchev–Trinajstić information content (AvgIpc) is 2.67. The van der Waals surface area contributed by atoms with Crippen LogP contribution >= 0.6 is 11.5 Å². The number of nitrogen functional groups attached to an aromatic ring is 1. The third-order valence-corrected chi connectivity index (χ3v) is 2.58. The Kier molecular flexibility index (Phi) is 2.38. The van der Waals surface area contributed by atoms with Crippen molar-refractivity contribution in [2.24, 2.45) is 0 Å². The van der Waals surface area contributed by atoms with Crippen LogP contribution in [-0.2, 0) is 6.54 Å². The highest BCUT2D eigenvalue weighted by molar-refractivity contribution is 7.05. The van der Waals surface area contributed by atoms with Gasteiger partial charge in [-0.15, -0.1) is 0 Å². The second kappa shape index (κ2) is 3.70. The largest absolute Gasteiger partial charge is 0.393 e. The summed E-state index contributed by atoms with van der Waals surface area (Å²) in [5.41, 5.74) is 4.40. The van der Waals surface area contributed by atoms with Crippen molar-refractivity contribution in [3.8, 4) is 0 Å². The van der Waals surface area contributed by atoms with Crippen LogP contribution in [0.3, 0.4) is 0 Å². The summed E-state index contributed by atoms with van der Waals surface area (Å²) < 4.78 is 5.25. The van der Waals surface area contributed by atoms with Crippen molar-refractivity contribution in [3.63, 3.8) is 0 Å². The maximum atomic E-state index is 11.4. The average molecular weight is 224 g/mol. The maximum absolute atomic E-state index is 11.4. The molecule has 0 saturated heterocycles. The van der Waals surface area contributed by atoms with Crippen molar-refractivity contribution in [2.45, 2.75) is 6.54 Å². The molecule has 0 spiro atoms. The molecule has 0 aliphatic heterocycles. The summed E-state index contributed by atoms with van der Waals surface area (Å²) in [4.78, 5) is 25.4. The summed E-state index contributed by atoms with van der Waals surface area (Å²) in [6, 6.07) is 1.80. The van der Waals surface area contributed by atoms with Crippen molar-refractivity contribution in [1.82, 2.24) is 13.9 Å². The SMILES string of the molecule is Nc1cn(Cc2ccns2)c(=O)[nH]c1=O. The van der Waals surface area contributed by atoms with Crippen LogP contribution in [0.2, 0.25) is 0 Å². The van der Waals surface area contributed by atoms with E-state index in [-0.39, 0.29) is 5.69 Å². The zero-order valence-electron chi connectivity index (χ0n) is 7.64. The van der Waals surface area contributed by atoms with Crippen LogP contribution in [0.25, 0.3) is 0 Å². The first-order valence-electron chi connectivity index (χ1n) is 4.15. The number of aromatic amines is 1.